The van der Waals surface area contributed by atoms with Crippen molar-refractivity contribution < 1.29 is 4.42 Å². The quantitative estimate of drug-likeness (QED) is 0.0890. The van der Waals surface area contributed by atoms with Crippen LogP contribution in [0.25, 0.3) is 98.4 Å². The third-order valence-electron chi connectivity index (χ3n) is 13.2. The van der Waals surface area contributed by atoms with E-state index in [1.165, 1.54) is 104 Å². The van der Waals surface area contributed by atoms with Gasteiger partial charge in [0.25, 0.3) is 0 Å². The molecular formula is C61H46O. The number of hydrogen-bond acceptors (Lipinski definition) is 1. The highest BCUT2D eigenvalue weighted by molar-refractivity contribution is 6.22. The summed E-state index contributed by atoms with van der Waals surface area (Å²) in [5.74, 6) is 0. The minimum absolute atomic E-state index is 0.221. The summed E-state index contributed by atoms with van der Waals surface area (Å²) in [5, 5.41) is 12.4. The van der Waals surface area contributed by atoms with Gasteiger partial charge in [-0.1, -0.05) is 202 Å². The molecule has 0 unspecified atom stereocenters. The zero-order valence-electron chi connectivity index (χ0n) is 35.6. The van der Waals surface area contributed by atoms with Crippen LogP contribution in [0.2, 0.25) is 0 Å². The van der Waals surface area contributed by atoms with E-state index in [0.29, 0.717) is 0 Å². The van der Waals surface area contributed by atoms with Gasteiger partial charge in [0.05, 0.1) is 0 Å². The monoisotopic (exact) mass is 794 g/mol. The lowest BCUT2D eigenvalue weighted by atomic mass is 9.77. The number of benzene rings is 9. The van der Waals surface area contributed by atoms with Crippen molar-refractivity contribution in [2.24, 2.45) is 0 Å². The molecule has 0 N–H and O–H groups in total. The SMILES string of the molecule is C=CC1=C(/C=C(C)/C=C(\C=C/C)c2ccc(-c3c4ccccc4c(-c4ccc5oc6ccccc6c5c4)c4ccccc34)cc2)C(C)(C)c2c1c1ccccc1c1ccccc21. The molecule has 0 aliphatic heterocycles. The van der Waals surface area contributed by atoms with E-state index in [9.17, 15) is 0 Å². The molecular weight excluding hydrogens is 749 g/mol. The van der Waals surface area contributed by atoms with Crippen LogP contribution < -0.4 is 0 Å². The van der Waals surface area contributed by atoms with Gasteiger partial charge in [0, 0.05) is 16.2 Å². The lowest BCUT2D eigenvalue weighted by Crippen LogP contribution is -2.17. The molecule has 0 saturated carbocycles. The molecule has 0 spiro atoms. The van der Waals surface area contributed by atoms with E-state index in [1.807, 2.05) is 12.1 Å². The summed E-state index contributed by atoms with van der Waals surface area (Å²) in [5.41, 5.74) is 15.2. The second kappa shape index (κ2) is 14.6. The van der Waals surface area contributed by atoms with Gasteiger partial charge in [-0.2, -0.15) is 0 Å². The van der Waals surface area contributed by atoms with Crippen molar-refractivity contribution in [1.29, 1.82) is 0 Å². The van der Waals surface area contributed by atoms with Crippen LogP contribution in [0.1, 0.15) is 44.4 Å². The Labute approximate surface area is 363 Å². The van der Waals surface area contributed by atoms with E-state index < -0.39 is 0 Å². The van der Waals surface area contributed by atoms with Gasteiger partial charge in [-0.25, -0.2) is 0 Å². The number of fused-ring (bicyclic) bond motifs is 11. The van der Waals surface area contributed by atoms with Crippen molar-refractivity contribution >= 4 is 76.2 Å². The Kier molecular flexibility index (Phi) is 8.84. The maximum atomic E-state index is 6.23. The van der Waals surface area contributed by atoms with E-state index in [4.69, 9.17) is 4.42 Å². The van der Waals surface area contributed by atoms with E-state index in [1.54, 1.807) is 0 Å². The average molecular weight is 795 g/mol. The highest BCUT2D eigenvalue weighted by atomic mass is 16.3. The van der Waals surface area contributed by atoms with E-state index in [-0.39, 0.29) is 5.41 Å². The number of allylic oxidation sites excluding steroid dienone is 9. The van der Waals surface area contributed by atoms with Crippen LogP contribution in [0.5, 0.6) is 0 Å². The summed E-state index contributed by atoms with van der Waals surface area (Å²) < 4.78 is 6.23. The molecule has 296 valence electrons. The zero-order valence-corrected chi connectivity index (χ0v) is 35.6. The fourth-order valence-electron chi connectivity index (χ4n) is 10.5. The Bertz CT molecular complexity index is 3560. The first kappa shape index (κ1) is 37.5. The third kappa shape index (κ3) is 5.76. The van der Waals surface area contributed by atoms with Gasteiger partial charge in [0.1, 0.15) is 11.2 Å². The first-order valence-electron chi connectivity index (χ1n) is 21.7. The predicted octanol–water partition coefficient (Wildman–Crippen LogP) is 17.4. The molecule has 0 saturated heterocycles. The van der Waals surface area contributed by atoms with Crippen molar-refractivity contribution in [3.8, 4) is 22.3 Å². The van der Waals surface area contributed by atoms with Crippen molar-refractivity contribution in [2.75, 3.05) is 0 Å². The summed E-state index contributed by atoms with van der Waals surface area (Å²) in [6, 6.07) is 59.6. The summed E-state index contributed by atoms with van der Waals surface area (Å²) in [6.45, 7) is 13.5. The van der Waals surface area contributed by atoms with Crippen LogP contribution in [0, 0.1) is 0 Å². The van der Waals surface area contributed by atoms with Gasteiger partial charge in [-0.05, 0) is 131 Å². The van der Waals surface area contributed by atoms with Crippen LogP contribution in [0.15, 0.2) is 216 Å². The third-order valence-corrected chi connectivity index (χ3v) is 13.2. The topological polar surface area (TPSA) is 13.1 Å². The van der Waals surface area contributed by atoms with Crippen molar-refractivity contribution in [3.05, 3.63) is 229 Å². The fraction of sp³-hybridized carbons (Fsp3) is 0.0820. The van der Waals surface area contributed by atoms with Gasteiger partial charge < -0.3 is 4.42 Å². The van der Waals surface area contributed by atoms with E-state index in [2.05, 4.69) is 216 Å². The molecule has 62 heavy (non-hydrogen) atoms. The van der Waals surface area contributed by atoms with Gasteiger partial charge in [0.2, 0.25) is 0 Å². The summed E-state index contributed by atoms with van der Waals surface area (Å²) in [4.78, 5) is 0. The Hall–Kier alpha value is -7.48. The normalized spacial score (nSPS) is 14.4. The maximum absolute atomic E-state index is 6.23. The summed E-state index contributed by atoms with van der Waals surface area (Å²) in [7, 11) is 0. The average Bonchev–Trinajstić information content (AvgIpc) is 3.79. The lowest BCUT2D eigenvalue weighted by molar-refractivity contribution is 0.660. The largest absolute Gasteiger partial charge is 0.456 e. The molecule has 0 radical (unpaired) electrons. The fourth-order valence-corrected chi connectivity index (χ4v) is 10.5. The molecule has 9 aromatic carbocycles. The minimum Gasteiger partial charge on any atom is -0.456 e. The standard InChI is InChI=1S/C61H46O/c1-6-18-41(35-38(3)36-54-43(7-2)59-47-22-10-8-19-44(47)45-20-9-15-27-52(45)60(59)61(54,4)5)39-29-31-40(32-30-39)57-48-23-11-13-25-50(48)58(51-26-14-12-24-49(51)57)42-33-34-56-53(37-42)46-21-16-17-28-55(46)62-56/h6-37H,2H2,1,3-5H3/b18-6-,38-36+,41-35+. The number of para-hydroxylation sites is 1. The molecule has 1 aliphatic rings. The molecule has 0 bridgehead atoms. The summed E-state index contributed by atoms with van der Waals surface area (Å²) >= 11 is 0. The van der Waals surface area contributed by atoms with Crippen LogP contribution >= 0.6 is 0 Å². The van der Waals surface area contributed by atoms with Gasteiger partial charge in [0.15, 0.2) is 0 Å². The first-order valence-corrected chi connectivity index (χ1v) is 21.7. The van der Waals surface area contributed by atoms with Crippen LogP contribution in [0.4, 0.5) is 0 Å². The highest BCUT2D eigenvalue weighted by Gasteiger charge is 2.38. The lowest BCUT2D eigenvalue weighted by Gasteiger charge is -2.25. The predicted molar refractivity (Wildman–Crippen MR) is 268 cm³/mol. The molecule has 10 aromatic rings. The Morgan fingerprint density at radius 2 is 1.00 bits per heavy atom. The van der Waals surface area contributed by atoms with Crippen LogP contribution in [0.3, 0.4) is 0 Å². The van der Waals surface area contributed by atoms with Crippen molar-refractivity contribution in [1.82, 2.24) is 0 Å². The maximum Gasteiger partial charge on any atom is 0.135 e. The van der Waals surface area contributed by atoms with E-state index >= 15 is 0 Å². The molecule has 1 heterocycles. The summed E-state index contributed by atoms with van der Waals surface area (Å²) in [6.07, 6.45) is 11.2. The second-order valence-electron chi connectivity index (χ2n) is 17.2. The Morgan fingerprint density at radius 1 is 0.516 bits per heavy atom. The molecule has 0 atom stereocenters. The van der Waals surface area contributed by atoms with Crippen molar-refractivity contribution in [2.45, 2.75) is 33.1 Å². The molecule has 1 nitrogen and oxygen atoms in total. The van der Waals surface area contributed by atoms with Crippen molar-refractivity contribution in [3.63, 3.8) is 0 Å². The first-order chi connectivity index (χ1) is 30.4. The highest BCUT2D eigenvalue weighted by Crippen LogP contribution is 2.53. The molecule has 1 aliphatic carbocycles. The molecule has 11 rings (SSSR count). The molecule has 1 heteroatoms. The zero-order chi connectivity index (χ0) is 42.1. The minimum atomic E-state index is -0.221. The van der Waals surface area contributed by atoms with Crippen LogP contribution in [-0.4, -0.2) is 0 Å². The van der Waals surface area contributed by atoms with Gasteiger partial charge in [-0.15, -0.1) is 0 Å². The van der Waals surface area contributed by atoms with Gasteiger partial charge in [-0.3, -0.25) is 0 Å². The molecule has 0 fully saturated rings. The Balaban J connectivity index is 1.01. The second-order valence-corrected chi connectivity index (χ2v) is 17.2. The molecule has 1 aromatic heterocycles. The molecule has 0 amide bonds. The van der Waals surface area contributed by atoms with Gasteiger partial charge >= 0.3 is 0 Å². The number of furan rings is 1. The number of hydrogen-bond donors (Lipinski definition) is 0. The smallest absolute Gasteiger partial charge is 0.135 e. The number of rotatable bonds is 7. The Morgan fingerprint density at radius 3 is 1.60 bits per heavy atom. The van der Waals surface area contributed by atoms with Crippen LogP contribution in [-0.2, 0) is 5.41 Å². The van der Waals surface area contributed by atoms with E-state index in [0.717, 1.165) is 21.9 Å².